The number of nitrogens with zero attached hydrogens (tertiary/aromatic N) is 3. The van der Waals surface area contributed by atoms with Crippen LogP contribution in [0.1, 0.15) is 43.1 Å². The maximum Gasteiger partial charge on any atom is 0.247 e. The molecule has 194 valence electrons. The number of ether oxygens (including phenoxy) is 1. The molecular formula is C32H33N3O3. The number of aromatic nitrogens is 1. The Morgan fingerprint density at radius 1 is 0.868 bits per heavy atom. The second-order valence-electron chi connectivity index (χ2n) is 9.83. The normalized spacial score (nSPS) is 14.1. The summed E-state index contributed by atoms with van der Waals surface area (Å²) < 4.78 is 7.51. The fourth-order valence-electron chi connectivity index (χ4n) is 5.18. The third-order valence-electron chi connectivity index (χ3n) is 7.14. The lowest BCUT2D eigenvalue weighted by Crippen LogP contribution is -2.48. The summed E-state index contributed by atoms with van der Waals surface area (Å²) in [4.78, 5) is 31.1. The van der Waals surface area contributed by atoms with Gasteiger partial charge >= 0.3 is 0 Å². The van der Waals surface area contributed by atoms with Gasteiger partial charge in [-0.05, 0) is 67.8 Å². The molecule has 3 aromatic carbocycles. The summed E-state index contributed by atoms with van der Waals surface area (Å²) in [5, 5.41) is 0. The molecule has 38 heavy (non-hydrogen) atoms. The Hall–Kier alpha value is -4.32. The van der Waals surface area contributed by atoms with Crippen molar-refractivity contribution in [3.8, 4) is 11.4 Å². The van der Waals surface area contributed by atoms with E-state index in [1.165, 1.54) is 0 Å². The summed E-state index contributed by atoms with van der Waals surface area (Å²) in [5.41, 5.74) is 4.84. The molecule has 0 spiro atoms. The molecule has 2 amide bonds. The van der Waals surface area contributed by atoms with Crippen LogP contribution in [0, 0.1) is 0 Å². The van der Waals surface area contributed by atoms with Crippen LogP contribution in [0.5, 0.6) is 5.75 Å². The first-order valence-corrected chi connectivity index (χ1v) is 13.0. The molecule has 0 saturated carbocycles. The van der Waals surface area contributed by atoms with Crippen LogP contribution in [-0.2, 0) is 16.0 Å². The molecule has 1 aliphatic heterocycles. The highest BCUT2D eigenvalue weighted by atomic mass is 16.5. The van der Waals surface area contributed by atoms with Gasteiger partial charge in [0.2, 0.25) is 11.8 Å². The van der Waals surface area contributed by atoms with E-state index in [1.54, 1.807) is 12.0 Å². The average Bonchev–Trinajstić information content (AvgIpc) is 3.44. The molecule has 6 nitrogen and oxygen atoms in total. The molecular weight excluding hydrogens is 474 g/mol. The number of para-hydroxylation sites is 2. The number of amides is 2. The number of aryl methyl sites for hydroxylation is 1. The molecule has 0 bridgehead atoms. The quantitative estimate of drug-likeness (QED) is 0.303. The number of benzene rings is 3. The standard InChI is InChI=1S/C32H33N3O3/c1-23(2)34(30(36)20-15-24-10-5-4-6-11-24)22-31(37)35-28-13-8-7-12-27(28)33-21-9-14-29(33)32(35)25-16-18-26(38-3)19-17-25/h4-14,16-19,21,23,32H,15,20,22H2,1-3H3. The predicted molar refractivity (Wildman–Crippen MR) is 150 cm³/mol. The lowest BCUT2D eigenvalue weighted by Gasteiger charge is -2.40. The minimum absolute atomic E-state index is 0.00693. The molecule has 1 unspecified atom stereocenters. The van der Waals surface area contributed by atoms with Gasteiger partial charge in [-0.3, -0.25) is 14.5 Å². The number of anilines is 1. The molecule has 6 heteroatoms. The highest BCUT2D eigenvalue weighted by molar-refractivity contribution is 6.00. The van der Waals surface area contributed by atoms with E-state index in [-0.39, 0.29) is 30.4 Å². The van der Waals surface area contributed by atoms with Gasteiger partial charge in [0.05, 0.1) is 24.2 Å². The molecule has 1 aliphatic rings. The zero-order valence-electron chi connectivity index (χ0n) is 22.1. The first-order valence-electron chi connectivity index (χ1n) is 13.0. The Kier molecular flexibility index (Phi) is 7.31. The van der Waals surface area contributed by atoms with Gasteiger partial charge in [0.25, 0.3) is 0 Å². The number of carbonyl (C=O) groups is 2. The summed E-state index contributed by atoms with van der Waals surface area (Å²) in [7, 11) is 1.64. The number of hydrogen-bond donors (Lipinski definition) is 0. The Balaban J connectivity index is 1.47. The maximum atomic E-state index is 14.2. The van der Waals surface area contributed by atoms with E-state index >= 15 is 0 Å². The Labute approximate surface area is 224 Å². The van der Waals surface area contributed by atoms with Crippen LogP contribution in [-0.4, -0.2) is 41.0 Å². The molecule has 1 atom stereocenters. The summed E-state index contributed by atoms with van der Waals surface area (Å²) in [5.74, 6) is 0.618. The van der Waals surface area contributed by atoms with Crippen molar-refractivity contribution in [1.29, 1.82) is 0 Å². The predicted octanol–water partition coefficient (Wildman–Crippen LogP) is 5.79. The third kappa shape index (κ3) is 4.94. The van der Waals surface area contributed by atoms with Gasteiger partial charge in [0.1, 0.15) is 18.3 Å². The second-order valence-corrected chi connectivity index (χ2v) is 9.83. The molecule has 0 aliphatic carbocycles. The van der Waals surface area contributed by atoms with Crippen LogP contribution in [0.3, 0.4) is 0 Å². The summed E-state index contributed by atoms with van der Waals surface area (Å²) >= 11 is 0. The van der Waals surface area contributed by atoms with E-state index in [9.17, 15) is 9.59 Å². The molecule has 0 N–H and O–H groups in total. The highest BCUT2D eigenvalue weighted by Crippen LogP contribution is 2.42. The van der Waals surface area contributed by atoms with Crippen molar-refractivity contribution in [2.45, 2.75) is 38.8 Å². The lowest BCUT2D eigenvalue weighted by molar-refractivity contribution is -0.137. The monoisotopic (exact) mass is 507 g/mol. The van der Waals surface area contributed by atoms with Crippen molar-refractivity contribution in [2.75, 3.05) is 18.6 Å². The first kappa shape index (κ1) is 25.3. The Bertz CT molecular complexity index is 1410. The molecule has 0 radical (unpaired) electrons. The van der Waals surface area contributed by atoms with Gasteiger partial charge < -0.3 is 14.2 Å². The summed E-state index contributed by atoms with van der Waals surface area (Å²) in [6.07, 6.45) is 3.03. The largest absolute Gasteiger partial charge is 0.497 e. The van der Waals surface area contributed by atoms with Crippen LogP contribution >= 0.6 is 0 Å². The SMILES string of the molecule is COc1ccc(C2c3cccn3-c3ccccc3N2C(=O)CN(C(=O)CCc2ccccc2)C(C)C)cc1. The van der Waals surface area contributed by atoms with Gasteiger partial charge in [-0.2, -0.15) is 0 Å². The van der Waals surface area contributed by atoms with Gasteiger partial charge in [-0.1, -0.05) is 54.6 Å². The maximum absolute atomic E-state index is 14.2. The minimum atomic E-state index is -0.341. The molecule has 0 saturated heterocycles. The van der Waals surface area contributed by atoms with Crippen LogP contribution in [0.25, 0.3) is 5.69 Å². The van der Waals surface area contributed by atoms with E-state index in [0.717, 1.165) is 33.9 Å². The second kappa shape index (κ2) is 11.0. The molecule has 5 rings (SSSR count). The fourth-order valence-corrected chi connectivity index (χ4v) is 5.18. The van der Waals surface area contributed by atoms with E-state index < -0.39 is 0 Å². The number of rotatable bonds is 8. The minimum Gasteiger partial charge on any atom is -0.497 e. The van der Waals surface area contributed by atoms with Gasteiger partial charge in [-0.25, -0.2) is 0 Å². The lowest BCUT2D eigenvalue weighted by atomic mass is 9.97. The van der Waals surface area contributed by atoms with E-state index in [4.69, 9.17) is 4.74 Å². The van der Waals surface area contributed by atoms with Crippen molar-refractivity contribution in [1.82, 2.24) is 9.47 Å². The number of fused-ring (bicyclic) bond motifs is 3. The van der Waals surface area contributed by atoms with Crippen molar-refractivity contribution in [2.24, 2.45) is 0 Å². The van der Waals surface area contributed by atoms with Crippen molar-refractivity contribution < 1.29 is 14.3 Å². The Morgan fingerprint density at radius 3 is 2.24 bits per heavy atom. The molecule has 1 aromatic heterocycles. The number of methoxy groups -OCH3 is 1. The summed E-state index contributed by atoms with van der Waals surface area (Å²) in [6.45, 7) is 3.93. The first-order chi connectivity index (χ1) is 18.5. The van der Waals surface area contributed by atoms with E-state index in [1.807, 2.05) is 110 Å². The van der Waals surface area contributed by atoms with Crippen molar-refractivity contribution in [3.05, 3.63) is 114 Å². The van der Waals surface area contributed by atoms with Gasteiger partial charge in [0.15, 0.2) is 0 Å². The van der Waals surface area contributed by atoms with Crippen LogP contribution in [0.4, 0.5) is 5.69 Å². The van der Waals surface area contributed by atoms with E-state index in [2.05, 4.69) is 10.6 Å². The zero-order chi connectivity index (χ0) is 26.6. The average molecular weight is 508 g/mol. The van der Waals surface area contributed by atoms with E-state index in [0.29, 0.717) is 12.8 Å². The van der Waals surface area contributed by atoms with Gasteiger partial charge in [0, 0.05) is 18.7 Å². The Morgan fingerprint density at radius 2 is 1.55 bits per heavy atom. The summed E-state index contributed by atoms with van der Waals surface area (Å²) in [6, 6.07) is 29.3. The van der Waals surface area contributed by atoms with Crippen LogP contribution in [0.15, 0.2) is 97.2 Å². The van der Waals surface area contributed by atoms with Crippen molar-refractivity contribution >= 4 is 17.5 Å². The third-order valence-corrected chi connectivity index (χ3v) is 7.14. The number of carbonyl (C=O) groups excluding carboxylic acids is 2. The highest BCUT2D eigenvalue weighted by Gasteiger charge is 2.37. The zero-order valence-corrected chi connectivity index (χ0v) is 22.1. The molecule has 4 aromatic rings. The van der Waals surface area contributed by atoms with Crippen molar-refractivity contribution in [3.63, 3.8) is 0 Å². The van der Waals surface area contributed by atoms with Crippen LogP contribution in [0.2, 0.25) is 0 Å². The molecule has 2 heterocycles. The smallest absolute Gasteiger partial charge is 0.247 e. The topological polar surface area (TPSA) is 54.8 Å². The van der Waals surface area contributed by atoms with Crippen LogP contribution < -0.4 is 9.64 Å². The van der Waals surface area contributed by atoms with Gasteiger partial charge in [-0.15, -0.1) is 0 Å². The number of hydrogen-bond acceptors (Lipinski definition) is 3. The molecule has 0 fully saturated rings. The fraction of sp³-hybridized carbons (Fsp3) is 0.250.